The molecule has 1 saturated carbocycles. The third-order valence-corrected chi connectivity index (χ3v) is 6.15. The standard InChI is InChI=1S/C22H20FN3OS/c23-17-8-4-7-16-19(11-12-24-21(16)17)27-15-9-10-18-20(13-15)28-22(26-18)25-14-5-2-1-3-6-14/h4,7-14H,1-3,5-6H2,(H,25,26). The fraction of sp³-hybridized carbons (Fsp3) is 0.273. The Hall–Kier alpha value is -2.73. The second kappa shape index (κ2) is 7.36. The third kappa shape index (κ3) is 3.40. The highest BCUT2D eigenvalue weighted by molar-refractivity contribution is 7.22. The van der Waals surface area contributed by atoms with Crippen LogP contribution in [0.15, 0.2) is 48.7 Å². The molecule has 1 N–H and O–H groups in total. The van der Waals surface area contributed by atoms with Crippen LogP contribution in [0.5, 0.6) is 11.5 Å². The van der Waals surface area contributed by atoms with E-state index < -0.39 is 0 Å². The first-order valence-electron chi connectivity index (χ1n) is 9.64. The Morgan fingerprint density at radius 3 is 2.86 bits per heavy atom. The number of para-hydroxylation sites is 1. The zero-order chi connectivity index (χ0) is 18.9. The number of hydrogen-bond acceptors (Lipinski definition) is 5. The van der Waals surface area contributed by atoms with Crippen LogP contribution in [0.3, 0.4) is 0 Å². The number of halogens is 1. The summed E-state index contributed by atoms with van der Waals surface area (Å²) in [5, 5.41) is 5.21. The van der Waals surface area contributed by atoms with E-state index in [1.165, 1.54) is 38.2 Å². The van der Waals surface area contributed by atoms with Crippen molar-refractivity contribution in [2.24, 2.45) is 0 Å². The van der Waals surface area contributed by atoms with Crippen LogP contribution < -0.4 is 10.1 Å². The minimum Gasteiger partial charge on any atom is -0.457 e. The van der Waals surface area contributed by atoms with Crippen molar-refractivity contribution in [3.8, 4) is 11.5 Å². The molecule has 0 spiro atoms. The lowest BCUT2D eigenvalue weighted by Gasteiger charge is -2.22. The van der Waals surface area contributed by atoms with Crippen LogP contribution in [0.4, 0.5) is 9.52 Å². The molecule has 0 amide bonds. The lowest BCUT2D eigenvalue weighted by Crippen LogP contribution is -2.21. The predicted molar refractivity (Wildman–Crippen MR) is 112 cm³/mol. The van der Waals surface area contributed by atoms with Crippen molar-refractivity contribution in [2.45, 2.75) is 38.1 Å². The largest absolute Gasteiger partial charge is 0.457 e. The van der Waals surface area contributed by atoms with Gasteiger partial charge in [-0.25, -0.2) is 9.37 Å². The summed E-state index contributed by atoms with van der Waals surface area (Å²) in [5.41, 5.74) is 1.28. The van der Waals surface area contributed by atoms with E-state index in [1.807, 2.05) is 24.3 Å². The summed E-state index contributed by atoms with van der Waals surface area (Å²) in [5.74, 6) is 0.949. The molecule has 0 unspecified atom stereocenters. The van der Waals surface area contributed by atoms with E-state index in [-0.39, 0.29) is 5.82 Å². The maximum Gasteiger partial charge on any atom is 0.184 e. The summed E-state index contributed by atoms with van der Waals surface area (Å²) in [6.45, 7) is 0. The van der Waals surface area contributed by atoms with Crippen LogP contribution in [-0.2, 0) is 0 Å². The van der Waals surface area contributed by atoms with E-state index in [9.17, 15) is 4.39 Å². The number of ether oxygens (including phenoxy) is 1. The SMILES string of the molecule is Fc1cccc2c(Oc3ccc4nc(NC5CCCCC5)sc4c3)ccnc12. The number of aromatic nitrogens is 2. The Kier molecular flexibility index (Phi) is 4.56. The zero-order valence-electron chi connectivity index (χ0n) is 15.3. The van der Waals surface area contributed by atoms with Crippen LogP contribution in [0.2, 0.25) is 0 Å². The van der Waals surface area contributed by atoms with Gasteiger partial charge in [-0.3, -0.25) is 4.98 Å². The number of rotatable bonds is 4. The Morgan fingerprint density at radius 2 is 1.96 bits per heavy atom. The first-order chi connectivity index (χ1) is 13.8. The van der Waals surface area contributed by atoms with E-state index in [0.717, 1.165) is 15.3 Å². The topological polar surface area (TPSA) is 47.0 Å². The zero-order valence-corrected chi connectivity index (χ0v) is 16.1. The summed E-state index contributed by atoms with van der Waals surface area (Å²) in [7, 11) is 0. The molecule has 1 aliphatic rings. The van der Waals surface area contributed by atoms with Crippen molar-refractivity contribution in [3.05, 3.63) is 54.5 Å². The summed E-state index contributed by atoms with van der Waals surface area (Å²) in [6.07, 6.45) is 7.93. The van der Waals surface area contributed by atoms with Crippen molar-refractivity contribution in [1.82, 2.24) is 9.97 Å². The van der Waals surface area contributed by atoms with Crippen LogP contribution in [0.25, 0.3) is 21.1 Å². The molecule has 1 fully saturated rings. The second-order valence-electron chi connectivity index (χ2n) is 7.17. The van der Waals surface area contributed by atoms with Crippen LogP contribution in [0.1, 0.15) is 32.1 Å². The number of fused-ring (bicyclic) bond motifs is 2. The molecule has 2 aromatic heterocycles. The molecule has 0 saturated heterocycles. The third-order valence-electron chi connectivity index (χ3n) is 5.20. The van der Waals surface area contributed by atoms with Crippen LogP contribution >= 0.6 is 11.3 Å². The molecule has 0 radical (unpaired) electrons. The first-order valence-corrected chi connectivity index (χ1v) is 10.5. The normalized spacial score (nSPS) is 15.2. The van der Waals surface area contributed by atoms with Gasteiger partial charge in [0.2, 0.25) is 0 Å². The van der Waals surface area contributed by atoms with Crippen molar-refractivity contribution in [1.29, 1.82) is 0 Å². The fourth-order valence-electron chi connectivity index (χ4n) is 3.78. The first kappa shape index (κ1) is 17.4. The fourth-order valence-corrected chi connectivity index (χ4v) is 4.75. The highest BCUT2D eigenvalue weighted by Gasteiger charge is 2.15. The summed E-state index contributed by atoms with van der Waals surface area (Å²) in [4.78, 5) is 8.83. The van der Waals surface area contributed by atoms with Gasteiger partial charge in [0.15, 0.2) is 5.13 Å². The molecule has 2 heterocycles. The molecule has 28 heavy (non-hydrogen) atoms. The molecular weight excluding hydrogens is 373 g/mol. The predicted octanol–water partition coefficient (Wildman–Crippen LogP) is 6.52. The van der Waals surface area contributed by atoms with E-state index in [4.69, 9.17) is 9.72 Å². The Balaban J connectivity index is 1.42. The van der Waals surface area contributed by atoms with Crippen LogP contribution in [0, 0.1) is 5.82 Å². The Labute approximate surface area is 166 Å². The van der Waals surface area contributed by atoms with E-state index in [1.54, 1.807) is 29.7 Å². The number of hydrogen-bond donors (Lipinski definition) is 1. The molecule has 0 bridgehead atoms. The molecular formula is C22H20FN3OS. The van der Waals surface area contributed by atoms with Gasteiger partial charge in [-0.15, -0.1) is 0 Å². The molecule has 4 aromatic rings. The van der Waals surface area contributed by atoms with Crippen molar-refractivity contribution < 1.29 is 9.13 Å². The molecule has 6 heteroatoms. The number of nitrogens with zero attached hydrogens (tertiary/aromatic N) is 2. The van der Waals surface area contributed by atoms with Gasteiger partial charge in [-0.2, -0.15) is 0 Å². The maximum absolute atomic E-state index is 14.0. The molecule has 2 aromatic carbocycles. The maximum atomic E-state index is 14.0. The average Bonchev–Trinajstić information content (AvgIpc) is 3.11. The van der Waals surface area contributed by atoms with Crippen molar-refractivity contribution in [2.75, 3.05) is 5.32 Å². The van der Waals surface area contributed by atoms with Crippen molar-refractivity contribution in [3.63, 3.8) is 0 Å². The summed E-state index contributed by atoms with van der Waals surface area (Å²) < 4.78 is 21.1. The summed E-state index contributed by atoms with van der Waals surface area (Å²) >= 11 is 1.65. The van der Waals surface area contributed by atoms with Gasteiger partial charge in [-0.1, -0.05) is 36.7 Å². The number of nitrogens with one attached hydrogen (secondary N) is 1. The number of anilines is 1. The van der Waals surface area contributed by atoms with E-state index in [2.05, 4.69) is 10.3 Å². The lowest BCUT2D eigenvalue weighted by molar-refractivity contribution is 0.462. The minimum atomic E-state index is -0.348. The Morgan fingerprint density at radius 1 is 1.07 bits per heavy atom. The van der Waals surface area contributed by atoms with Crippen molar-refractivity contribution >= 4 is 37.6 Å². The second-order valence-corrected chi connectivity index (χ2v) is 8.21. The summed E-state index contributed by atoms with van der Waals surface area (Å²) in [6, 6.07) is 13.0. The monoisotopic (exact) mass is 393 g/mol. The number of thiazole rings is 1. The van der Waals surface area contributed by atoms with Gasteiger partial charge in [0.1, 0.15) is 22.8 Å². The van der Waals surface area contributed by atoms with Gasteiger partial charge >= 0.3 is 0 Å². The molecule has 142 valence electrons. The van der Waals surface area contributed by atoms with Gasteiger partial charge in [-0.05, 0) is 43.2 Å². The van der Waals surface area contributed by atoms with E-state index >= 15 is 0 Å². The number of pyridine rings is 1. The lowest BCUT2D eigenvalue weighted by atomic mass is 9.96. The van der Waals surface area contributed by atoms with E-state index in [0.29, 0.717) is 28.4 Å². The Bertz CT molecular complexity index is 1140. The average molecular weight is 393 g/mol. The minimum absolute atomic E-state index is 0.317. The van der Waals surface area contributed by atoms with Crippen LogP contribution in [-0.4, -0.2) is 16.0 Å². The molecule has 4 nitrogen and oxygen atoms in total. The molecule has 1 aliphatic carbocycles. The molecule has 0 atom stereocenters. The van der Waals surface area contributed by atoms with Gasteiger partial charge < -0.3 is 10.1 Å². The highest BCUT2D eigenvalue weighted by atomic mass is 32.1. The molecule has 0 aliphatic heterocycles. The van der Waals surface area contributed by atoms with Gasteiger partial charge in [0.05, 0.1) is 10.2 Å². The smallest absolute Gasteiger partial charge is 0.184 e. The highest BCUT2D eigenvalue weighted by Crippen LogP contribution is 2.34. The molecule has 5 rings (SSSR count). The van der Waals surface area contributed by atoms with Gasteiger partial charge in [0.25, 0.3) is 0 Å². The van der Waals surface area contributed by atoms with Gasteiger partial charge in [0, 0.05) is 23.7 Å². The quantitative estimate of drug-likeness (QED) is 0.429. The number of benzene rings is 2.